The second-order valence-corrected chi connectivity index (χ2v) is 3.67. The summed E-state index contributed by atoms with van der Waals surface area (Å²) in [5.41, 5.74) is 5.81. The van der Waals surface area contributed by atoms with Gasteiger partial charge in [0.1, 0.15) is 5.52 Å². The third-order valence-corrected chi connectivity index (χ3v) is 2.45. The number of aromatic carboxylic acids is 1. The van der Waals surface area contributed by atoms with Crippen molar-refractivity contribution in [3.63, 3.8) is 0 Å². The Morgan fingerprint density at radius 2 is 2.19 bits per heavy atom. The minimum Gasteiger partial charge on any atom is -0.476 e. The maximum atomic E-state index is 11.8. The van der Waals surface area contributed by atoms with Crippen LogP contribution in [0.3, 0.4) is 0 Å². The van der Waals surface area contributed by atoms with Crippen molar-refractivity contribution < 1.29 is 9.90 Å². The van der Waals surface area contributed by atoms with E-state index in [0.717, 1.165) is 0 Å². The second kappa shape index (κ2) is 7.04. The van der Waals surface area contributed by atoms with Gasteiger partial charge in [-0.3, -0.25) is 9.79 Å². The molecule has 0 aromatic carbocycles. The Labute approximate surface area is 120 Å². The number of carboxylic acid groups (broad SMARTS) is 1. The summed E-state index contributed by atoms with van der Waals surface area (Å²) in [6.07, 6.45) is 4.23. The molecule has 0 spiro atoms. The Morgan fingerprint density at radius 3 is 2.71 bits per heavy atom. The lowest BCUT2D eigenvalue weighted by Gasteiger charge is -2.01. The normalized spacial score (nSPS) is 11.5. The Bertz CT molecular complexity index is 755. The SMILES string of the molecule is CC.CN=C/C(=C\N)c1cn2nc(C(=O)O)cc2c(=O)[nH]1. The number of hydrogen-bond donors (Lipinski definition) is 3. The molecule has 0 atom stereocenters. The molecular formula is C13H17N5O3. The fraction of sp³-hybridized carbons (Fsp3) is 0.231. The van der Waals surface area contributed by atoms with Crippen LogP contribution in [0.15, 0.2) is 28.3 Å². The summed E-state index contributed by atoms with van der Waals surface area (Å²) in [6, 6.07) is 1.20. The van der Waals surface area contributed by atoms with Crippen LogP contribution in [-0.4, -0.2) is 38.9 Å². The van der Waals surface area contributed by atoms with Gasteiger partial charge in [0.05, 0.1) is 11.9 Å². The predicted octanol–water partition coefficient (Wildman–Crippen LogP) is 0.747. The lowest BCUT2D eigenvalue weighted by Crippen LogP contribution is -2.13. The van der Waals surface area contributed by atoms with Crippen LogP contribution in [0.25, 0.3) is 11.1 Å². The van der Waals surface area contributed by atoms with E-state index in [1.54, 1.807) is 7.05 Å². The molecule has 2 aromatic heterocycles. The van der Waals surface area contributed by atoms with Gasteiger partial charge in [-0.1, -0.05) is 13.8 Å². The Balaban J connectivity index is 0.00000106. The van der Waals surface area contributed by atoms with Gasteiger partial charge >= 0.3 is 5.97 Å². The van der Waals surface area contributed by atoms with Gasteiger partial charge in [0.25, 0.3) is 5.56 Å². The zero-order valence-corrected chi connectivity index (χ0v) is 12.0. The van der Waals surface area contributed by atoms with Crippen LogP contribution >= 0.6 is 0 Å². The molecule has 0 radical (unpaired) electrons. The fourth-order valence-corrected chi connectivity index (χ4v) is 1.60. The lowest BCUT2D eigenvalue weighted by molar-refractivity contribution is 0.0690. The molecule has 21 heavy (non-hydrogen) atoms. The van der Waals surface area contributed by atoms with Crippen molar-refractivity contribution in [2.24, 2.45) is 10.7 Å². The fourth-order valence-electron chi connectivity index (χ4n) is 1.60. The van der Waals surface area contributed by atoms with Crippen molar-refractivity contribution in [2.75, 3.05) is 7.05 Å². The van der Waals surface area contributed by atoms with Gasteiger partial charge in [0.2, 0.25) is 0 Å². The molecule has 0 saturated carbocycles. The monoisotopic (exact) mass is 291 g/mol. The number of aromatic amines is 1. The predicted molar refractivity (Wildman–Crippen MR) is 80.7 cm³/mol. The van der Waals surface area contributed by atoms with Crippen LogP contribution < -0.4 is 11.3 Å². The van der Waals surface area contributed by atoms with Crippen LogP contribution in [-0.2, 0) is 0 Å². The Kier molecular flexibility index (Phi) is 5.41. The largest absolute Gasteiger partial charge is 0.476 e. The van der Waals surface area contributed by atoms with Crippen LogP contribution in [0.1, 0.15) is 30.0 Å². The van der Waals surface area contributed by atoms with Crippen LogP contribution in [0.2, 0.25) is 0 Å². The summed E-state index contributed by atoms with van der Waals surface area (Å²) in [6.45, 7) is 4.00. The first-order valence-electron chi connectivity index (χ1n) is 6.27. The van der Waals surface area contributed by atoms with Crippen LogP contribution in [0, 0.1) is 0 Å². The molecule has 8 nitrogen and oxygen atoms in total. The summed E-state index contributed by atoms with van der Waals surface area (Å²) in [4.78, 5) is 29.1. The highest BCUT2D eigenvalue weighted by Crippen LogP contribution is 2.08. The molecule has 0 amide bonds. The number of carbonyl (C=O) groups is 1. The molecule has 0 aliphatic rings. The summed E-state index contributed by atoms with van der Waals surface area (Å²) >= 11 is 0. The quantitative estimate of drug-likeness (QED) is 0.719. The first-order valence-corrected chi connectivity index (χ1v) is 6.27. The summed E-state index contributed by atoms with van der Waals surface area (Å²) in [5, 5.41) is 12.6. The van der Waals surface area contributed by atoms with E-state index in [0.29, 0.717) is 11.3 Å². The van der Waals surface area contributed by atoms with Crippen molar-refractivity contribution in [3.8, 4) is 0 Å². The first-order chi connectivity index (χ1) is 10.1. The highest BCUT2D eigenvalue weighted by molar-refractivity contribution is 6.08. The molecular weight excluding hydrogens is 274 g/mol. The lowest BCUT2D eigenvalue weighted by atomic mass is 10.2. The molecule has 0 fully saturated rings. The van der Waals surface area contributed by atoms with Crippen LogP contribution in [0.4, 0.5) is 0 Å². The van der Waals surface area contributed by atoms with Gasteiger partial charge in [0, 0.05) is 31.1 Å². The molecule has 4 N–H and O–H groups in total. The second-order valence-electron chi connectivity index (χ2n) is 3.67. The third kappa shape index (κ3) is 3.35. The Hall–Kier alpha value is -2.90. The number of nitrogens with zero attached hydrogens (tertiary/aromatic N) is 3. The molecule has 0 aliphatic heterocycles. The highest BCUT2D eigenvalue weighted by atomic mass is 16.4. The summed E-state index contributed by atoms with van der Waals surface area (Å²) in [7, 11) is 1.57. The topological polar surface area (TPSA) is 126 Å². The van der Waals surface area contributed by atoms with Gasteiger partial charge in [0.15, 0.2) is 5.69 Å². The van der Waals surface area contributed by atoms with Crippen molar-refractivity contribution >= 4 is 23.3 Å². The number of carboxylic acids is 1. The average molecular weight is 291 g/mol. The number of aromatic nitrogens is 3. The average Bonchev–Trinajstić information content (AvgIpc) is 2.91. The van der Waals surface area contributed by atoms with Crippen molar-refractivity contribution in [1.29, 1.82) is 0 Å². The van der Waals surface area contributed by atoms with Gasteiger partial charge in [-0.2, -0.15) is 5.10 Å². The Morgan fingerprint density at radius 1 is 1.52 bits per heavy atom. The zero-order chi connectivity index (χ0) is 16.0. The van der Waals surface area contributed by atoms with E-state index in [2.05, 4.69) is 15.1 Å². The summed E-state index contributed by atoms with van der Waals surface area (Å²) < 4.78 is 1.20. The number of allylic oxidation sites excluding steroid dienone is 1. The number of rotatable bonds is 3. The van der Waals surface area contributed by atoms with E-state index < -0.39 is 11.5 Å². The molecule has 0 bridgehead atoms. The first kappa shape index (κ1) is 16.2. The van der Waals surface area contributed by atoms with Crippen LogP contribution in [0.5, 0.6) is 0 Å². The van der Waals surface area contributed by atoms with E-state index >= 15 is 0 Å². The smallest absolute Gasteiger partial charge is 0.356 e. The third-order valence-electron chi connectivity index (χ3n) is 2.45. The van der Waals surface area contributed by atoms with Crippen molar-refractivity contribution in [2.45, 2.75) is 13.8 Å². The molecule has 2 aromatic rings. The van der Waals surface area contributed by atoms with E-state index in [1.165, 1.54) is 29.2 Å². The number of hydrogen-bond acceptors (Lipinski definition) is 5. The summed E-state index contributed by atoms with van der Waals surface area (Å²) in [5.74, 6) is -1.20. The molecule has 0 saturated heterocycles. The van der Waals surface area contributed by atoms with Crippen molar-refractivity contribution in [1.82, 2.24) is 14.6 Å². The van der Waals surface area contributed by atoms with E-state index in [4.69, 9.17) is 10.8 Å². The molecule has 112 valence electrons. The van der Waals surface area contributed by atoms with Gasteiger partial charge < -0.3 is 15.8 Å². The van der Waals surface area contributed by atoms with Gasteiger partial charge in [-0.25, -0.2) is 9.31 Å². The minimum absolute atomic E-state index is 0.144. The number of nitrogens with two attached hydrogens (primary N) is 1. The molecule has 2 rings (SSSR count). The van der Waals surface area contributed by atoms with Gasteiger partial charge in [-0.05, 0) is 0 Å². The number of fused-ring (bicyclic) bond motifs is 1. The number of nitrogens with one attached hydrogen (secondary N) is 1. The highest BCUT2D eigenvalue weighted by Gasteiger charge is 2.12. The maximum absolute atomic E-state index is 11.8. The van der Waals surface area contributed by atoms with Crippen molar-refractivity contribution in [3.05, 3.63) is 40.2 Å². The zero-order valence-electron chi connectivity index (χ0n) is 12.0. The number of aliphatic imine (C=N–C) groups is 1. The van der Waals surface area contributed by atoms with E-state index in [1.807, 2.05) is 13.8 Å². The molecule has 0 unspecified atom stereocenters. The van der Waals surface area contributed by atoms with E-state index in [9.17, 15) is 9.59 Å². The molecule has 8 heteroatoms. The number of H-pyrrole nitrogens is 1. The molecule has 0 aliphatic carbocycles. The van der Waals surface area contributed by atoms with Gasteiger partial charge in [-0.15, -0.1) is 0 Å². The van der Waals surface area contributed by atoms with E-state index in [-0.39, 0.29) is 11.2 Å². The molecule has 2 heterocycles. The minimum atomic E-state index is -1.20. The standard InChI is InChI=1S/C11H11N5O3.C2H6/c1-13-4-6(3-12)8-5-16-9(10(17)14-8)2-7(15-16)11(18)19;1-2/h2-5H,12H2,1H3,(H,14,17)(H,18,19);1-2H3/b6-3+,13-4?;. The maximum Gasteiger partial charge on any atom is 0.356 e.